The topological polar surface area (TPSA) is 0 Å². The van der Waals surface area contributed by atoms with Gasteiger partial charge in [0.05, 0.1) is 0 Å². The van der Waals surface area contributed by atoms with Gasteiger partial charge in [-0.3, -0.25) is 0 Å². The first-order valence-electron chi connectivity index (χ1n) is 5.97. The summed E-state index contributed by atoms with van der Waals surface area (Å²) in [7, 11) is 2.97. The molecule has 0 aliphatic heterocycles. The molecule has 0 N–H and O–H groups in total. The molecule has 0 fully saturated rings. The second-order valence-corrected chi connectivity index (χ2v) is 4.40. The molecular formula is C16H17Si. The van der Waals surface area contributed by atoms with Crippen LogP contribution in [0, 0.1) is 0 Å². The van der Waals surface area contributed by atoms with Crippen LogP contribution in [0.3, 0.4) is 0 Å². The number of fused-ring (bicyclic) bond motifs is 3. The van der Waals surface area contributed by atoms with Crippen molar-refractivity contribution >= 4 is 27.1 Å². The molecule has 3 rings (SSSR count). The Morgan fingerprint density at radius 3 is 2.47 bits per heavy atom. The average molecular weight is 237 g/mol. The third-order valence-electron chi connectivity index (χ3n) is 3.53. The van der Waals surface area contributed by atoms with Gasteiger partial charge in [0.15, 0.2) is 0 Å². The lowest BCUT2D eigenvalue weighted by Crippen LogP contribution is -1.90. The molecule has 85 valence electrons. The molecule has 0 saturated heterocycles. The Bertz CT molecular complexity index is 567. The van der Waals surface area contributed by atoms with Crippen LogP contribution in [0.2, 0.25) is 6.55 Å². The summed E-state index contributed by atoms with van der Waals surface area (Å²) in [6.45, 7) is 6.31. The number of benzene rings is 2. The lowest BCUT2D eigenvalue weighted by Gasteiger charge is -2.08. The molecule has 0 bridgehead atoms. The predicted molar refractivity (Wildman–Crippen MR) is 77.6 cm³/mol. The van der Waals surface area contributed by atoms with E-state index in [0.717, 1.165) is 0 Å². The number of hydrogen-bond donors (Lipinski definition) is 0. The molecule has 0 saturated carbocycles. The van der Waals surface area contributed by atoms with E-state index < -0.39 is 0 Å². The molecule has 1 unspecified atom stereocenters. The molecular weight excluding hydrogens is 220 g/mol. The Balaban J connectivity index is 0.000000514. The van der Waals surface area contributed by atoms with Crippen LogP contribution >= 0.6 is 0 Å². The highest BCUT2D eigenvalue weighted by molar-refractivity contribution is 6.05. The summed E-state index contributed by atoms with van der Waals surface area (Å²) in [5, 5.41) is 2.73. The van der Waals surface area contributed by atoms with Crippen molar-refractivity contribution in [2.45, 2.75) is 26.3 Å². The maximum Gasteiger partial charge on any atom is 0.0184 e. The highest BCUT2D eigenvalue weighted by Gasteiger charge is 2.19. The summed E-state index contributed by atoms with van der Waals surface area (Å²) in [5.41, 5.74) is 4.38. The van der Waals surface area contributed by atoms with Gasteiger partial charge >= 0.3 is 0 Å². The molecule has 2 aromatic rings. The van der Waals surface area contributed by atoms with Crippen LogP contribution in [-0.4, -0.2) is 10.2 Å². The minimum atomic E-state index is 0.588. The van der Waals surface area contributed by atoms with Gasteiger partial charge in [0.1, 0.15) is 0 Å². The highest BCUT2D eigenvalue weighted by atomic mass is 28.1. The molecule has 0 aromatic heterocycles. The summed E-state index contributed by atoms with van der Waals surface area (Å²) < 4.78 is 0. The van der Waals surface area contributed by atoms with Gasteiger partial charge in [0.25, 0.3) is 0 Å². The standard InChI is InChI=1S/C15H14.CH3Si/c1-10-9-15-13(11(10)2)8-7-12-5-3-4-6-14(12)15;1-2/h3-9,11H,1-2H3;1H3. The monoisotopic (exact) mass is 237 g/mol. The molecule has 1 aliphatic rings. The SMILES string of the molecule is CC1=Cc2c(ccc3ccccc23)C1C.C[Si]. The first-order valence-corrected chi connectivity index (χ1v) is 6.97. The fourth-order valence-corrected chi connectivity index (χ4v) is 2.45. The lowest BCUT2D eigenvalue weighted by atomic mass is 9.95. The van der Waals surface area contributed by atoms with Crippen LogP contribution in [0.1, 0.15) is 30.9 Å². The van der Waals surface area contributed by atoms with Crippen molar-refractivity contribution in [3.05, 3.63) is 53.1 Å². The van der Waals surface area contributed by atoms with E-state index in [1.54, 1.807) is 6.55 Å². The van der Waals surface area contributed by atoms with Crippen molar-refractivity contribution in [1.82, 2.24) is 0 Å². The van der Waals surface area contributed by atoms with Gasteiger partial charge in [-0.25, -0.2) is 0 Å². The zero-order valence-corrected chi connectivity index (χ0v) is 11.6. The maximum atomic E-state index is 2.97. The van der Waals surface area contributed by atoms with Crippen LogP contribution in [0.5, 0.6) is 0 Å². The fraction of sp³-hybridized carbons (Fsp3) is 0.250. The van der Waals surface area contributed by atoms with Crippen molar-refractivity contribution in [3.63, 3.8) is 0 Å². The zero-order valence-electron chi connectivity index (χ0n) is 10.6. The van der Waals surface area contributed by atoms with Crippen molar-refractivity contribution in [2.24, 2.45) is 0 Å². The minimum Gasteiger partial charge on any atom is -0.0759 e. The number of hydrogen-bond acceptors (Lipinski definition) is 0. The third kappa shape index (κ3) is 1.95. The summed E-state index contributed by atoms with van der Waals surface area (Å²) >= 11 is 0. The van der Waals surface area contributed by atoms with Crippen molar-refractivity contribution < 1.29 is 0 Å². The molecule has 1 aliphatic carbocycles. The summed E-state index contributed by atoms with van der Waals surface area (Å²) in [4.78, 5) is 0. The van der Waals surface area contributed by atoms with Gasteiger partial charge in [-0.15, -0.1) is 0 Å². The third-order valence-corrected chi connectivity index (χ3v) is 3.53. The van der Waals surface area contributed by atoms with Gasteiger partial charge in [0, 0.05) is 16.2 Å². The van der Waals surface area contributed by atoms with E-state index in [1.807, 2.05) is 0 Å². The Morgan fingerprint density at radius 2 is 1.71 bits per heavy atom. The predicted octanol–water partition coefficient (Wildman–Crippen LogP) is 4.56. The molecule has 1 heteroatoms. The van der Waals surface area contributed by atoms with E-state index >= 15 is 0 Å². The smallest absolute Gasteiger partial charge is 0.0184 e. The first kappa shape index (κ1) is 12.1. The lowest BCUT2D eigenvalue weighted by molar-refractivity contribution is 0.923. The first-order chi connectivity index (χ1) is 8.27. The van der Waals surface area contributed by atoms with E-state index in [9.17, 15) is 0 Å². The van der Waals surface area contributed by atoms with Crippen molar-refractivity contribution in [1.29, 1.82) is 0 Å². The molecule has 17 heavy (non-hydrogen) atoms. The minimum absolute atomic E-state index is 0.588. The van der Waals surface area contributed by atoms with Crippen LogP contribution in [0.25, 0.3) is 16.8 Å². The van der Waals surface area contributed by atoms with Gasteiger partial charge in [-0.1, -0.05) is 61.5 Å². The van der Waals surface area contributed by atoms with E-state index in [2.05, 4.69) is 66.6 Å². The fourth-order valence-electron chi connectivity index (χ4n) is 2.45. The summed E-state index contributed by atoms with van der Waals surface area (Å²) in [5.74, 6) is 0.588. The van der Waals surface area contributed by atoms with Crippen LogP contribution in [-0.2, 0) is 0 Å². The van der Waals surface area contributed by atoms with E-state index in [1.165, 1.54) is 27.5 Å². The Labute approximate surface area is 107 Å². The van der Waals surface area contributed by atoms with Gasteiger partial charge in [-0.05, 0) is 28.8 Å². The zero-order chi connectivity index (χ0) is 12.4. The maximum absolute atomic E-state index is 2.97. The van der Waals surface area contributed by atoms with Gasteiger partial charge < -0.3 is 0 Å². The van der Waals surface area contributed by atoms with E-state index in [-0.39, 0.29) is 0 Å². The second-order valence-electron chi connectivity index (χ2n) is 4.40. The Morgan fingerprint density at radius 1 is 1.00 bits per heavy atom. The highest BCUT2D eigenvalue weighted by Crippen LogP contribution is 2.39. The molecule has 0 nitrogen and oxygen atoms in total. The van der Waals surface area contributed by atoms with E-state index in [0.29, 0.717) is 5.92 Å². The molecule has 0 heterocycles. The van der Waals surface area contributed by atoms with Crippen molar-refractivity contribution in [2.75, 3.05) is 0 Å². The molecule has 0 spiro atoms. The normalized spacial score (nSPS) is 17.2. The Kier molecular flexibility index (Phi) is 3.48. The van der Waals surface area contributed by atoms with Crippen LogP contribution < -0.4 is 0 Å². The Hall–Kier alpha value is -1.34. The average Bonchev–Trinajstić information content (AvgIpc) is 2.68. The largest absolute Gasteiger partial charge is 0.0759 e. The van der Waals surface area contributed by atoms with E-state index in [4.69, 9.17) is 0 Å². The van der Waals surface area contributed by atoms with Gasteiger partial charge in [-0.2, -0.15) is 0 Å². The quantitative estimate of drug-likeness (QED) is 0.589. The second kappa shape index (κ2) is 4.88. The number of rotatable bonds is 0. The van der Waals surface area contributed by atoms with Crippen LogP contribution in [0.15, 0.2) is 42.0 Å². The molecule has 2 aromatic carbocycles. The molecule has 3 radical (unpaired) electrons. The molecule has 1 atom stereocenters. The van der Waals surface area contributed by atoms with Crippen LogP contribution in [0.4, 0.5) is 0 Å². The van der Waals surface area contributed by atoms with Crippen molar-refractivity contribution in [3.8, 4) is 0 Å². The molecule has 0 amide bonds. The summed E-state index contributed by atoms with van der Waals surface area (Å²) in [6, 6.07) is 13.1. The number of allylic oxidation sites excluding steroid dienone is 1. The summed E-state index contributed by atoms with van der Waals surface area (Å²) in [6.07, 6.45) is 2.34. The van der Waals surface area contributed by atoms with Gasteiger partial charge in [0.2, 0.25) is 0 Å².